The van der Waals surface area contributed by atoms with Crippen LogP contribution in [0.1, 0.15) is 24.8 Å². The van der Waals surface area contributed by atoms with Crippen LogP contribution < -0.4 is 5.73 Å². The number of likely N-dealkylation sites (tertiary alicyclic amines) is 1. The summed E-state index contributed by atoms with van der Waals surface area (Å²) >= 11 is 0. The fourth-order valence-electron chi connectivity index (χ4n) is 2.00. The highest BCUT2D eigenvalue weighted by atomic mass is 35.5. The minimum absolute atomic E-state index is 0. The smallest absolute Gasteiger partial charge is 0.0314 e. The van der Waals surface area contributed by atoms with Crippen LogP contribution in [0.2, 0.25) is 0 Å². The lowest BCUT2D eigenvalue weighted by molar-refractivity contribution is 0.221. The predicted molar refractivity (Wildman–Crippen MR) is 67.2 cm³/mol. The van der Waals surface area contributed by atoms with Gasteiger partial charge >= 0.3 is 0 Å². The normalized spacial score (nSPS) is 17.1. The van der Waals surface area contributed by atoms with Crippen LogP contribution in [-0.4, -0.2) is 18.0 Å². The minimum Gasteiger partial charge on any atom is -0.399 e. The second-order valence-corrected chi connectivity index (χ2v) is 4.08. The van der Waals surface area contributed by atoms with Gasteiger partial charge in [-0.1, -0.05) is 18.6 Å². The number of nitrogens with zero attached hydrogens (tertiary/aromatic N) is 1. The average molecular weight is 227 g/mol. The maximum atomic E-state index is 5.65. The zero-order valence-electron chi connectivity index (χ0n) is 8.98. The van der Waals surface area contributed by atoms with Crippen molar-refractivity contribution in [2.24, 2.45) is 0 Å². The van der Waals surface area contributed by atoms with E-state index in [1.165, 1.54) is 37.9 Å². The van der Waals surface area contributed by atoms with Crippen molar-refractivity contribution in [3.63, 3.8) is 0 Å². The molecule has 0 aliphatic carbocycles. The van der Waals surface area contributed by atoms with Gasteiger partial charge in [0.2, 0.25) is 0 Å². The van der Waals surface area contributed by atoms with Crippen LogP contribution in [0.25, 0.3) is 0 Å². The van der Waals surface area contributed by atoms with E-state index in [1.54, 1.807) is 0 Å². The van der Waals surface area contributed by atoms with Crippen LogP contribution in [0.4, 0.5) is 5.69 Å². The summed E-state index contributed by atoms with van der Waals surface area (Å²) in [5, 5.41) is 0. The molecule has 0 spiro atoms. The number of hydrogen-bond donors (Lipinski definition) is 1. The van der Waals surface area contributed by atoms with Crippen LogP contribution in [-0.2, 0) is 6.54 Å². The summed E-state index contributed by atoms with van der Waals surface area (Å²) in [6.45, 7) is 3.59. The quantitative estimate of drug-likeness (QED) is 0.786. The lowest BCUT2D eigenvalue weighted by Gasteiger charge is -2.26. The van der Waals surface area contributed by atoms with Gasteiger partial charge in [0, 0.05) is 12.2 Å². The summed E-state index contributed by atoms with van der Waals surface area (Å²) in [4.78, 5) is 2.52. The average Bonchev–Trinajstić information content (AvgIpc) is 2.23. The molecule has 1 aliphatic heterocycles. The number of rotatable bonds is 2. The van der Waals surface area contributed by atoms with Crippen molar-refractivity contribution in [2.45, 2.75) is 25.8 Å². The summed E-state index contributed by atoms with van der Waals surface area (Å²) < 4.78 is 0. The van der Waals surface area contributed by atoms with Crippen LogP contribution in [0, 0.1) is 0 Å². The Morgan fingerprint density at radius 2 is 1.60 bits per heavy atom. The third-order valence-electron chi connectivity index (χ3n) is 2.83. The van der Waals surface area contributed by atoms with Crippen molar-refractivity contribution in [2.75, 3.05) is 18.8 Å². The van der Waals surface area contributed by atoms with E-state index in [-0.39, 0.29) is 12.4 Å². The van der Waals surface area contributed by atoms with E-state index < -0.39 is 0 Å². The van der Waals surface area contributed by atoms with Crippen molar-refractivity contribution >= 4 is 18.1 Å². The van der Waals surface area contributed by atoms with Crippen molar-refractivity contribution in [1.82, 2.24) is 4.90 Å². The Hall–Kier alpha value is -0.730. The Morgan fingerprint density at radius 3 is 2.20 bits per heavy atom. The SMILES string of the molecule is Cl.Nc1ccc(CN2CCCCC2)cc1. The molecule has 0 amide bonds. The van der Waals surface area contributed by atoms with E-state index in [0.29, 0.717) is 0 Å². The van der Waals surface area contributed by atoms with Gasteiger partial charge < -0.3 is 5.73 Å². The van der Waals surface area contributed by atoms with Crippen molar-refractivity contribution in [3.05, 3.63) is 29.8 Å². The van der Waals surface area contributed by atoms with Gasteiger partial charge in [0.15, 0.2) is 0 Å². The number of nitrogen functional groups attached to an aromatic ring is 1. The molecular weight excluding hydrogens is 208 g/mol. The van der Waals surface area contributed by atoms with Crippen molar-refractivity contribution < 1.29 is 0 Å². The molecular formula is C12H19ClN2. The molecule has 0 bridgehead atoms. The monoisotopic (exact) mass is 226 g/mol. The number of anilines is 1. The Morgan fingerprint density at radius 1 is 1.00 bits per heavy atom. The minimum atomic E-state index is 0. The molecule has 0 aromatic heterocycles. The van der Waals surface area contributed by atoms with Crippen LogP contribution in [0.15, 0.2) is 24.3 Å². The number of hydrogen-bond acceptors (Lipinski definition) is 2. The molecule has 0 saturated carbocycles. The standard InChI is InChI=1S/C12H18N2.ClH/c13-12-6-4-11(5-7-12)10-14-8-2-1-3-9-14;/h4-7H,1-3,8-10,13H2;1H. The van der Waals surface area contributed by atoms with E-state index >= 15 is 0 Å². The van der Waals surface area contributed by atoms with Crippen LogP contribution in [0.5, 0.6) is 0 Å². The van der Waals surface area contributed by atoms with Crippen molar-refractivity contribution in [1.29, 1.82) is 0 Å². The van der Waals surface area contributed by atoms with Crippen molar-refractivity contribution in [3.8, 4) is 0 Å². The number of halogens is 1. The van der Waals surface area contributed by atoms with Gasteiger partial charge in [0.25, 0.3) is 0 Å². The second kappa shape index (κ2) is 5.99. The van der Waals surface area contributed by atoms with E-state index in [4.69, 9.17) is 5.73 Å². The maximum absolute atomic E-state index is 5.65. The first-order valence-electron chi connectivity index (χ1n) is 5.41. The highest BCUT2D eigenvalue weighted by Gasteiger charge is 2.09. The van der Waals surface area contributed by atoms with Gasteiger partial charge in [-0.25, -0.2) is 0 Å². The molecule has 1 aliphatic rings. The summed E-state index contributed by atoms with van der Waals surface area (Å²) in [6.07, 6.45) is 4.11. The van der Waals surface area contributed by atoms with Gasteiger partial charge in [0.1, 0.15) is 0 Å². The highest BCUT2D eigenvalue weighted by Crippen LogP contribution is 2.13. The Bertz CT molecular complexity index is 278. The Labute approximate surface area is 97.9 Å². The second-order valence-electron chi connectivity index (χ2n) is 4.08. The number of piperidine rings is 1. The zero-order chi connectivity index (χ0) is 9.80. The maximum Gasteiger partial charge on any atom is 0.0314 e. The Balaban J connectivity index is 0.00000112. The molecule has 0 atom stereocenters. The van der Waals surface area contributed by atoms with E-state index in [1.807, 2.05) is 12.1 Å². The highest BCUT2D eigenvalue weighted by molar-refractivity contribution is 5.85. The fraction of sp³-hybridized carbons (Fsp3) is 0.500. The third-order valence-corrected chi connectivity index (χ3v) is 2.83. The molecule has 1 aromatic rings. The summed E-state index contributed by atoms with van der Waals surface area (Å²) in [5.74, 6) is 0. The fourth-order valence-corrected chi connectivity index (χ4v) is 2.00. The summed E-state index contributed by atoms with van der Waals surface area (Å²) in [6, 6.07) is 8.23. The molecule has 2 N–H and O–H groups in total. The molecule has 0 unspecified atom stereocenters. The lowest BCUT2D eigenvalue weighted by atomic mass is 10.1. The van der Waals surface area contributed by atoms with Gasteiger partial charge in [0.05, 0.1) is 0 Å². The topological polar surface area (TPSA) is 29.3 Å². The first kappa shape index (κ1) is 12.3. The summed E-state index contributed by atoms with van der Waals surface area (Å²) in [7, 11) is 0. The van der Waals surface area contributed by atoms with Crippen LogP contribution in [0.3, 0.4) is 0 Å². The molecule has 15 heavy (non-hydrogen) atoms. The summed E-state index contributed by atoms with van der Waals surface area (Å²) in [5.41, 5.74) is 7.88. The molecule has 3 heteroatoms. The Kier molecular flexibility index (Phi) is 4.92. The van der Waals surface area contributed by atoms with E-state index in [9.17, 15) is 0 Å². The molecule has 0 radical (unpaired) electrons. The van der Waals surface area contributed by atoms with Gasteiger partial charge in [-0.2, -0.15) is 0 Å². The largest absolute Gasteiger partial charge is 0.399 e. The molecule has 2 nitrogen and oxygen atoms in total. The first-order valence-corrected chi connectivity index (χ1v) is 5.41. The molecule has 1 fully saturated rings. The molecule has 84 valence electrons. The van der Waals surface area contributed by atoms with E-state index in [2.05, 4.69) is 17.0 Å². The van der Waals surface area contributed by atoms with Gasteiger partial charge in [-0.3, -0.25) is 4.90 Å². The van der Waals surface area contributed by atoms with Gasteiger partial charge in [-0.05, 0) is 43.6 Å². The number of nitrogens with two attached hydrogens (primary N) is 1. The lowest BCUT2D eigenvalue weighted by Crippen LogP contribution is -2.29. The third kappa shape index (κ3) is 3.73. The number of benzene rings is 1. The zero-order valence-corrected chi connectivity index (χ0v) is 9.80. The molecule has 2 rings (SSSR count). The van der Waals surface area contributed by atoms with E-state index in [0.717, 1.165) is 12.2 Å². The molecule has 1 aromatic carbocycles. The van der Waals surface area contributed by atoms with Crippen LogP contribution >= 0.6 is 12.4 Å². The predicted octanol–water partition coefficient (Wildman–Crippen LogP) is 2.68. The molecule has 1 heterocycles. The van der Waals surface area contributed by atoms with Gasteiger partial charge in [-0.15, -0.1) is 12.4 Å². The molecule has 1 saturated heterocycles. The first-order chi connectivity index (χ1) is 6.84.